The summed E-state index contributed by atoms with van der Waals surface area (Å²) in [6, 6.07) is 6.30. The lowest BCUT2D eigenvalue weighted by molar-refractivity contribution is -0.101. The van der Waals surface area contributed by atoms with Gasteiger partial charge in [0.05, 0.1) is 26.9 Å². The van der Waals surface area contributed by atoms with Gasteiger partial charge in [0.2, 0.25) is 0 Å². The third kappa shape index (κ3) is 2.97. The van der Waals surface area contributed by atoms with Crippen LogP contribution in [0.2, 0.25) is 10.6 Å². The van der Waals surface area contributed by atoms with Crippen LogP contribution in [0.25, 0.3) is 0 Å². The van der Waals surface area contributed by atoms with Gasteiger partial charge in [-0.15, -0.1) is 0 Å². The highest BCUT2D eigenvalue weighted by atomic mass is 16.6. The summed E-state index contributed by atoms with van der Waals surface area (Å²) in [6.07, 6.45) is -0.00516. The van der Waals surface area contributed by atoms with E-state index in [1.165, 1.54) is 5.46 Å². The quantitative estimate of drug-likeness (QED) is 0.782. The maximum Gasteiger partial charge on any atom is 0.187 e. The molecular weight excluding hydrogens is 291 g/mol. The lowest BCUT2D eigenvalue weighted by atomic mass is 9.53. The number of rotatable bonds is 5. The molecule has 1 atom stereocenters. The van der Waals surface area contributed by atoms with Crippen molar-refractivity contribution < 1.29 is 18.9 Å². The summed E-state index contributed by atoms with van der Waals surface area (Å²) >= 11 is 0. The second-order valence-corrected chi connectivity index (χ2v) is 7.67. The molecule has 0 saturated carbocycles. The van der Waals surface area contributed by atoms with Crippen LogP contribution in [0, 0.1) is 0 Å². The monoisotopic (exact) mass is 318 g/mol. The van der Waals surface area contributed by atoms with E-state index in [2.05, 4.69) is 39.8 Å². The highest BCUT2D eigenvalue weighted by Gasteiger charge is 2.67. The Morgan fingerprint density at radius 3 is 2.43 bits per heavy atom. The summed E-state index contributed by atoms with van der Waals surface area (Å²) < 4.78 is 22.4. The second kappa shape index (κ2) is 6.02. The Morgan fingerprint density at radius 2 is 1.87 bits per heavy atom. The molecule has 0 aliphatic carbocycles. The molecule has 2 aliphatic heterocycles. The van der Waals surface area contributed by atoms with Gasteiger partial charge in [-0.3, -0.25) is 0 Å². The van der Waals surface area contributed by atoms with Crippen LogP contribution in [0.4, 0.5) is 0 Å². The van der Waals surface area contributed by atoms with Gasteiger partial charge in [0.1, 0.15) is 12.7 Å². The average Bonchev–Trinajstić information content (AvgIpc) is 2.95. The predicted octanol–water partition coefficient (Wildman–Crippen LogP) is 2.77. The third-order valence-electron chi connectivity index (χ3n) is 5.85. The molecule has 2 aliphatic rings. The van der Waals surface area contributed by atoms with E-state index in [1.807, 2.05) is 6.07 Å². The zero-order valence-corrected chi connectivity index (χ0v) is 14.8. The third-order valence-corrected chi connectivity index (χ3v) is 5.85. The summed E-state index contributed by atoms with van der Waals surface area (Å²) in [7, 11) is 1.69. The first-order chi connectivity index (χ1) is 10.9. The highest BCUT2D eigenvalue weighted by molar-refractivity contribution is 6.89. The van der Waals surface area contributed by atoms with Gasteiger partial charge in [-0.05, 0) is 12.1 Å². The molecular formula is C18H27BO4. The molecule has 0 unspecified atom stereocenters. The van der Waals surface area contributed by atoms with Crippen molar-refractivity contribution in [1.29, 1.82) is 0 Å². The molecule has 3 rings (SSSR count). The van der Waals surface area contributed by atoms with Gasteiger partial charge >= 0.3 is 0 Å². The van der Waals surface area contributed by atoms with Crippen molar-refractivity contribution in [1.82, 2.24) is 0 Å². The molecule has 1 aromatic rings. The van der Waals surface area contributed by atoms with Crippen LogP contribution < -0.4 is 14.9 Å². The summed E-state index contributed by atoms with van der Waals surface area (Å²) in [5.41, 5.74) is 1.32. The first-order valence-electron chi connectivity index (χ1n) is 8.38. The minimum absolute atomic E-state index is 0.00516. The van der Waals surface area contributed by atoms with E-state index in [1.54, 1.807) is 7.11 Å². The first kappa shape index (κ1) is 16.7. The van der Waals surface area contributed by atoms with Crippen molar-refractivity contribution in [2.24, 2.45) is 0 Å². The van der Waals surface area contributed by atoms with Crippen LogP contribution in [-0.4, -0.2) is 46.4 Å². The van der Waals surface area contributed by atoms with Crippen molar-refractivity contribution in [2.45, 2.75) is 44.4 Å². The predicted molar refractivity (Wildman–Crippen MR) is 92.5 cm³/mol. The smallest absolute Gasteiger partial charge is 0.187 e. The molecule has 0 spiro atoms. The Labute approximate surface area is 139 Å². The number of hydrogen-bond acceptors (Lipinski definition) is 4. The average molecular weight is 318 g/mol. The lowest BCUT2D eigenvalue weighted by Crippen LogP contribution is -2.33. The minimum atomic E-state index is -0.00516. The van der Waals surface area contributed by atoms with Crippen molar-refractivity contribution in [3.05, 3.63) is 18.2 Å². The first-order valence-corrected chi connectivity index (χ1v) is 8.38. The molecule has 2 heterocycles. The lowest BCUT2D eigenvalue weighted by Gasteiger charge is -2.23. The van der Waals surface area contributed by atoms with Crippen LogP contribution >= 0.6 is 0 Å². The Hall–Kier alpha value is -1.20. The van der Waals surface area contributed by atoms with E-state index in [4.69, 9.17) is 18.9 Å². The Kier molecular flexibility index (Phi) is 4.36. The van der Waals surface area contributed by atoms with Crippen LogP contribution in [0.3, 0.4) is 0 Å². The van der Waals surface area contributed by atoms with E-state index >= 15 is 0 Å². The van der Waals surface area contributed by atoms with Gasteiger partial charge in [0.15, 0.2) is 18.2 Å². The van der Waals surface area contributed by atoms with Gasteiger partial charge in [0.25, 0.3) is 0 Å². The number of methoxy groups -OCH3 is 1. The SMILES string of the molecule is COc1cc(B2C(C)(C)C2(C)C)ccc1OC[C@H]1COCCO1. The Morgan fingerprint density at radius 1 is 1.13 bits per heavy atom. The zero-order chi connectivity index (χ0) is 16.7. The topological polar surface area (TPSA) is 36.9 Å². The van der Waals surface area contributed by atoms with Gasteiger partial charge in [-0.25, -0.2) is 0 Å². The van der Waals surface area contributed by atoms with Gasteiger partial charge in [-0.2, -0.15) is 0 Å². The highest BCUT2D eigenvalue weighted by Crippen LogP contribution is 2.73. The Bertz CT molecular complexity index is 550. The number of benzene rings is 1. The number of hydrogen-bond donors (Lipinski definition) is 0. The normalized spacial score (nSPS) is 25.1. The fraction of sp³-hybridized carbons (Fsp3) is 0.667. The van der Waals surface area contributed by atoms with Gasteiger partial charge in [-0.1, -0.05) is 49.9 Å². The van der Waals surface area contributed by atoms with E-state index in [-0.39, 0.29) is 6.10 Å². The van der Waals surface area contributed by atoms with Crippen molar-refractivity contribution in [2.75, 3.05) is 33.5 Å². The summed E-state index contributed by atoms with van der Waals surface area (Å²) in [6.45, 7) is 12.2. The van der Waals surface area contributed by atoms with Crippen LogP contribution in [0.15, 0.2) is 18.2 Å². The van der Waals surface area contributed by atoms with E-state index < -0.39 is 0 Å². The number of ether oxygens (including phenoxy) is 4. The van der Waals surface area contributed by atoms with Gasteiger partial charge in [0, 0.05) is 0 Å². The summed E-state index contributed by atoms with van der Waals surface area (Å²) in [5.74, 6) is 1.56. The van der Waals surface area contributed by atoms with Crippen LogP contribution in [0.1, 0.15) is 27.7 Å². The van der Waals surface area contributed by atoms with Crippen molar-refractivity contribution in [3.8, 4) is 11.5 Å². The standard InChI is InChI=1S/C18H27BO4/c1-17(2)18(3,4)19(17)13-6-7-15(16(10-13)20-5)23-12-14-11-21-8-9-22-14/h6-7,10,14H,8-9,11-12H2,1-5H3/t14-/m1/s1. The van der Waals surface area contributed by atoms with Gasteiger partial charge < -0.3 is 18.9 Å². The maximum atomic E-state index is 5.90. The van der Waals surface area contributed by atoms with Crippen molar-refractivity contribution >= 4 is 12.2 Å². The van der Waals surface area contributed by atoms with Crippen molar-refractivity contribution in [3.63, 3.8) is 0 Å². The van der Waals surface area contributed by atoms with Crippen LogP contribution in [-0.2, 0) is 9.47 Å². The molecule has 2 saturated heterocycles. The molecule has 0 bridgehead atoms. The molecule has 0 aromatic heterocycles. The molecule has 2 fully saturated rings. The van der Waals surface area contributed by atoms with E-state index in [0.717, 1.165) is 11.5 Å². The zero-order valence-electron chi connectivity index (χ0n) is 14.8. The van der Waals surface area contributed by atoms with E-state index in [9.17, 15) is 0 Å². The summed E-state index contributed by atoms with van der Waals surface area (Å²) in [5, 5.41) is 0.626. The molecule has 23 heavy (non-hydrogen) atoms. The maximum absolute atomic E-state index is 5.90. The fourth-order valence-corrected chi connectivity index (χ4v) is 3.83. The fourth-order valence-electron chi connectivity index (χ4n) is 3.83. The minimum Gasteiger partial charge on any atom is -0.493 e. The molecule has 126 valence electrons. The Balaban J connectivity index is 1.70. The van der Waals surface area contributed by atoms with Crippen LogP contribution in [0.5, 0.6) is 11.5 Å². The molecule has 4 nitrogen and oxygen atoms in total. The molecule has 0 amide bonds. The summed E-state index contributed by atoms with van der Waals surface area (Å²) in [4.78, 5) is 0. The molecule has 0 radical (unpaired) electrons. The molecule has 0 N–H and O–H groups in total. The largest absolute Gasteiger partial charge is 0.493 e. The second-order valence-electron chi connectivity index (χ2n) is 7.67. The van der Waals surface area contributed by atoms with E-state index in [0.29, 0.717) is 43.8 Å². The molecule has 5 heteroatoms. The molecule has 1 aromatic carbocycles.